The van der Waals surface area contributed by atoms with Crippen molar-refractivity contribution in [2.45, 2.75) is 6.04 Å². The summed E-state index contributed by atoms with van der Waals surface area (Å²) < 4.78 is 0. The van der Waals surface area contributed by atoms with Crippen LogP contribution in [-0.2, 0) is 0 Å². The highest BCUT2D eigenvalue weighted by molar-refractivity contribution is 5.50. The van der Waals surface area contributed by atoms with Crippen molar-refractivity contribution in [3.05, 3.63) is 96.1 Å². The molecule has 0 radical (unpaired) electrons. The molecule has 0 fully saturated rings. The number of phenolic OH excluding ortho intramolecular Hbond substituents is 1. The Kier molecular flexibility index (Phi) is 3.88. The Morgan fingerprint density at radius 1 is 0.619 bits per heavy atom. The Balaban J connectivity index is 1.95. The molecule has 2 nitrogen and oxygen atoms in total. The summed E-state index contributed by atoms with van der Waals surface area (Å²) in [6.45, 7) is 0. The minimum Gasteiger partial charge on any atom is -0.508 e. The Labute approximate surface area is 124 Å². The predicted octanol–water partition coefficient (Wildman–Crippen LogP) is 4.59. The van der Waals surface area contributed by atoms with Gasteiger partial charge in [0.25, 0.3) is 0 Å². The monoisotopic (exact) mass is 275 g/mol. The van der Waals surface area contributed by atoms with Crippen LogP contribution in [0.2, 0.25) is 0 Å². The van der Waals surface area contributed by atoms with Crippen molar-refractivity contribution in [1.82, 2.24) is 0 Å². The van der Waals surface area contributed by atoms with Crippen LogP contribution < -0.4 is 5.32 Å². The van der Waals surface area contributed by atoms with Crippen LogP contribution in [0.4, 0.5) is 5.69 Å². The van der Waals surface area contributed by atoms with E-state index in [2.05, 4.69) is 29.6 Å². The highest BCUT2D eigenvalue weighted by Gasteiger charge is 2.13. The maximum atomic E-state index is 9.40. The van der Waals surface area contributed by atoms with E-state index in [9.17, 15) is 5.11 Å². The van der Waals surface area contributed by atoms with Crippen molar-refractivity contribution >= 4 is 5.69 Å². The first-order valence-electron chi connectivity index (χ1n) is 6.98. The molecular formula is C19H17NO. The Morgan fingerprint density at radius 2 is 1.10 bits per heavy atom. The highest BCUT2D eigenvalue weighted by Crippen LogP contribution is 2.27. The zero-order valence-corrected chi connectivity index (χ0v) is 11.6. The molecule has 3 aromatic rings. The molecule has 21 heavy (non-hydrogen) atoms. The van der Waals surface area contributed by atoms with Gasteiger partial charge in [-0.1, -0.05) is 60.7 Å². The molecule has 0 atom stereocenters. The fourth-order valence-electron chi connectivity index (χ4n) is 2.37. The quantitative estimate of drug-likeness (QED) is 0.682. The van der Waals surface area contributed by atoms with Gasteiger partial charge in [0.2, 0.25) is 0 Å². The molecule has 3 aromatic carbocycles. The molecule has 0 spiro atoms. The van der Waals surface area contributed by atoms with Crippen molar-refractivity contribution in [3.8, 4) is 5.75 Å². The number of phenols is 1. The van der Waals surface area contributed by atoms with Crippen LogP contribution in [0.1, 0.15) is 17.2 Å². The van der Waals surface area contributed by atoms with Gasteiger partial charge in [-0.25, -0.2) is 0 Å². The summed E-state index contributed by atoms with van der Waals surface area (Å²) in [6, 6.07) is 27.9. The molecule has 0 aliphatic rings. The first-order valence-corrected chi connectivity index (χ1v) is 6.98. The number of aromatic hydroxyl groups is 1. The smallest absolute Gasteiger partial charge is 0.115 e. The molecule has 0 heterocycles. The molecule has 0 unspecified atom stereocenters. The summed E-state index contributed by atoms with van der Waals surface area (Å²) in [6.07, 6.45) is 0. The number of rotatable bonds is 4. The maximum Gasteiger partial charge on any atom is 0.115 e. The largest absolute Gasteiger partial charge is 0.508 e. The number of benzene rings is 3. The Hall–Kier alpha value is -2.74. The fourth-order valence-corrected chi connectivity index (χ4v) is 2.37. The summed E-state index contributed by atoms with van der Waals surface area (Å²) in [5.41, 5.74) is 3.39. The van der Waals surface area contributed by atoms with E-state index in [-0.39, 0.29) is 11.8 Å². The lowest BCUT2D eigenvalue weighted by molar-refractivity contribution is 0.475. The van der Waals surface area contributed by atoms with Crippen LogP contribution in [0.3, 0.4) is 0 Å². The number of hydrogen-bond acceptors (Lipinski definition) is 2. The van der Waals surface area contributed by atoms with Gasteiger partial charge in [-0.2, -0.15) is 0 Å². The average molecular weight is 275 g/mol. The van der Waals surface area contributed by atoms with Crippen LogP contribution in [0.5, 0.6) is 5.75 Å². The second-order valence-electron chi connectivity index (χ2n) is 4.95. The van der Waals surface area contributed by atoms with E-state index in [0.29, 0.717) is 0 Å². The van der Waals surface area contributed by atoms with Gasteiger partial charge in [0.15, 0.2) is 0 Å². The molecule has 0 saturated carbocycles. The van der Waals surface area contributed by atoms with Crippen LogP contribution in [0.15, 0.2) is 84.9 Å². The molecule has 2 heteroatoms. The fraction of sp³-hybridized carbons (Fsp3) is 0.0526. The molecule has 0 aromatic heterocycles. The number of nitrogens with one attached hydrogen (secondary N) is 1. The van der Waals surface area contributed by atoms with Gasteiger partial charge in [-0.3, -0.25) is 0 Å². The summed E-state index contributed by atoms with van der Waals surface area (Å²) in [5, 5.41) is 12.9. The highest BCUT2D eigenvalue weighted by atomic mass is 16.3. The van der Waals surface area contributed by atoms with Crippen LogP contribution in [0, 0.1) is 0 Å². The molecule has 2 N–H and O–H groups in total. The molecule has 0 amide bonds. The second kappa shape index (κ2) is 6.14. The zero-order valence-electron chi connectivity index (χ0n) is 11.6. The first-order chi connectivity index (χ1) is 10.3. The van der Waals surface area contributed by atoms with Gasteiger partial charge in [0.05, 0.1) is 6.04 Å². The lowest BCUT2D eigenvalue weighted by Crippen LogP contribution is -2.12. The molecule has 3 rings (SSSR count). The van der Waals surface area contributed by atoms with Gasteiger partial charge in [0, 0.05) is 5.69 Å². The van der Waals surface area contributed by atoms with E-state index in [1.165, 1.54) is 11.1 Å². The van der Waals surface area contributed by atoms with Gasteiger partial charge in [-0.15, -0.1) is 0 Å². The molecule has 0 aliphatic heterocycles. The lowest BCUT2D eigenvalue weighted by atomic mass is 9.98. The minimum atomic E-state index is 0.0805. The van der Waals surface area contributed by atoms with Crippen LogP contribution in [-0.4, -0.2) is 5.11 Å². The van der Waals surface area contributed by atoms with Gasteiger partial charge in [0.1, 0.15) is 5.75 Å². The standard InChI is InChI=1S/C19H17NO/c21-18-13-11-17(12-14-18)20-19(15-7-3-1-4-8-15)16-9-5-2-6-10-16/h1-14,19-21H. The van der Waals surface area contributed by atoms with E-state index in [0.717, 1.165) is 5.69 Å². The number of hydrogen-bond donors (Lipinski definition) is 2. The van der Waals surface area contributed by atoms with E-state index >= 15 is 0 Å². The van der Waals surface area contributed by atoms with Gasteiger partial charge >= 0.3 is 0 Å². The zero-order chi connectivity index (χ0) is 14.5. The van der Waals surface area contributed by atoms with Crippen molar-refractivity contribution in [1.29, 1.82) is 0 Å². The normalized spacial score (nSPS) is 10.5. The Bertz CT molecular complexity index is 638. The first kappa shape index (κ1) is 13.3. The maximum absolute atomic E-state index is 9.40. The van der Waals surface area contributed by atoms with Crippen molar-refractivity contribution < 1.29 is 5.11 Å². The van der Waals surface area contributed by atoms with E-state index in [1.807, 2.05) is 48.5 Å². The third-order valence-corrected chi connectivity index (χ3v) is 3.44. The summed E-state index contributed by atoms with van der Waals surface area (Å²) in [4.78, 5) is 0. The van der Waals surface area contributed by atoms with Crippen molar-refractivity contribution in [2.75, 3.05) is 5.32 Å². The van der Waals surface area contributed by atoms with Crippen LogP contribution >= 0.6 is 0 Å². The van der Waals surface area contributed by atoms with Crippen LogP contribution in [0.25, 0.3) is 0 Å². The summed E-state index contributed by atoms with van der Waals surface area (Å²) in [5.74, 6) is 0.275. The van der Waals surface area contributed by atoms with Gasteiger partial charge < -0.3 is 10.4 Å². The van der Waals surface area contributed by atoms with E-state index in [4.69, 9.17) is 0 Å². The third kappa shape index (κ3) is 3.23. The predicted molar refractivity (Wildman–Crippen MR) is 86.5 cm³/mol. The van der Waals surface area contributed by atoms with Gasteiger partial charge in [-0.05, 0) is 35.4 Å². The lowest BCUT2D eigenvalue weighted by Gasteiger charge is -2.21. The molecule has 0 aliphatic carbocycles. The summed E-state index contributed by atoms with van der Waals surface area (Å²) in [7, 11) is 0. The number of anilines is 1. The molecule has 0 saturated heterocycles. The van der Waals surface area contributed by atoms with Crippen molar-refractivity contribution in [3.63, 3.8) is 0 Å². The molecule has 0 bridgehead atoms. The SMILES string of the molecule is Oc1ccc(NC(c2ccccc2)c2ccccc2)cc1. The topological polar surface area (TPSA) is 32.3 Å². The second-order valence-corrected chi connectivity index (χ2v) is 4.95. The van der Waals surface area contributed by atoms with E-state index in [1.54, 1.807) is 12.1 Å². The summed E-state index contributed by atoms with van der Waals surface area (Å²) >= 11 is 0. The van der Waals surface area contributed by atoms with E-state index < -0.39 is 0 Å². The minimum absolute atomic E-state index is 0.0805. The third-order valence-electron chi connectivity index (χ3n) is 3.44. The average Bonchev–Trinajstić information content (AvgIpc) is 2.56. The Morgan fingerprint density at radius 3 is 1.57 bits per heavy atom. The molecular weight excluding hydrogens is 258 g/mol. The molecule has 104 valence electrons. The van der Waals surface area contributed by atoms with Crippen molar-refractivity contribution in [2.24, 2.45) is 0 Å².